The first-order chi connectivity index (χ1) is 37.9. The summed E-state index contributed by atoms with van der Waals surface area (Å²) in [7, 11) is 0. The number of esters is 1. The van der Waals surface area contributed by atoms with Gasteiger partial charge in [0.25, 0.3) is 0 Å². The highest BCUT2D eigenvalue weighted by Crippen LogP contribution is 2.50. The van der Waals surface area contributed by atoms with E-state index in [1.165, 1.54) is 29.2 Å². The molecule has 13 heteroatoms. The highest BCUT2D eigenvalue weighted by atomic mass is 32.2. The number of amides is 3. The molecule has 5 N–H and O–H groups in total. The first-order valence-electron chi connectivity index (χ1n) is 26.3. The number of thioether (sulfide) groups is 2. The van der Waals surface area contributed by atoms with Gasteiger partial charge in [0.15, 0.2) is 0 Å². The van der Waals surface area contributed by atoms with Crippen molar-refractivity contribution in [2.45, 2.75) is 79.4 Å². The molecule has 1 aromatic heterocycles. The summed E-state index contributed by atoms with van der Waals surface area (Å²) in [4.78, 5) is 56.4. The van der Waals surface area contributed by atoms with Gasteiger partial charge in [-0.05, 0) is 73.9 Å². The second-order valence-electron chi connectivity index (χ2n) is 19.2. The first-order valence-corrected chi connectivity index (χ1v) is 29.2. The molecule has 0 spiro atoms. The standard InChI is InChI=1S/C65H69N3O7S3/c1-4-39-75-60(72)44-58(70)61(47(2)3)68-63(74)57(46-78-65(52-31-17-8-18-32-52,53-33-19-9-20-34-53)54-35-21-10-22-36-54)67-62(73)56(42-48-38-41-76-45-48)66-59(71)43-55(69)37-23-24-40-77-64(49-25-11-5-12-26-49,50-27-13-6-14-28-50)51-29-15-7-16-30-51/h4-23,25-38,41,45,47,55-58,61,69-70H,1,24,39-40,42-44,46H2,2-3H3,(H,66,71)(H,67,73)(H,68,74)/b37-23+/t55-,56-,57-,58+,61-/m1/s1. The second kappa shape index (κ2) is 29.7. The highest BCUT2D eigenvalue weighted by Gasteiger charge is 2.41. The summed E-state index contributed by atoms with van der Waals surface area (Å²) in [5.41, 5.74) is 7.08. The maximum atomic E-state index is 14.9. The number of ether oxygens (including phenoxy) is 1. The molecule has 404 valence electrons. The number of allylic oxidation sites excluding steroid dienone is 1. The second-order valence-corrected chi connectivity index (χ2v) is 22.6. The summed E-state index contributed by atoms with van der Waals surface area (Å²) in [5.74, 6) is -2.02. The van der Waals surface area contributed by atoms with Crippen molar-refractivity contribution >= 4 is 58.6 Å². The van der Waals surface area contributed by atoms with Crippen molar-refractivity contribution in [2.75, 3.05) is 18.1 Å². The predicted molar refractivity (Wildman–Crippen MR) is 318 cm³/mol. The smallest absolute Gasteiger partial charge is 0.308 e. The van der Waals surface area contributed by atoms with Crippen LogP contribution in [0.1, 0.15) is 72.1 Å². The van der Waals surface area contributed by atoms with E-state index in [2.05, 4.69) is 95.3 Å². The third-order valence-corrected chi connectivity index (χ3v) is 17.3. The van der Waals surface area contributed by atoms with Crippen LogP contribution in [0.25, 0.3) is 0 Å². The summed E-state index contributed by atoms with van der Waals surface area (Å²) in [5, 5.41) is 35.3. The van der Waals surface area contributed by atoms with Crippen molar-refractivity contribution in [3.63, 3.8) is 0 Å². The minimum absolute atomic E-state index is 0.0270. The summed E-state index contributed by atoms with van der Waals surface area (Å²) >= 11 is 4.73. The molecule has 6 aromatic carbocycles. The van der Waals surface area contributed by atoms with Crippen LogP contribution in [0, 0.1) is 5.92 Å². The molecular weight excluding hydrogens is 1030 g/mol. The van der Waals surface area contributed by atoms with Gasteiger partial charge >= 0.3 is 5.97 Å². The Labute approximate surface area is 471 Å². The van der Waals surface area contributed by atoms with Gasteiger partial charge in [-0.3, -0.25) is 19.2 Å². The van der Waals surface area contributed by atoms with Gasteiger partial charge in [0.05, 0.1) is 40.6 Å². The molecule has 0 fully saturated rings. The van der Waals surface area contributed by atoms with Crippen LogP contribution in [-0.2, 0) is 39.8 Å². The molecule has 10 nitrogen and oxygen atoms in total. The van der Waals surface area contributed by atoms with E-state index in [4.69, 9.17) is 4.74 Å². The topological polar surface area (TPSA) is 154 Å². The lowest BCUT2D eigenvalue weighted by Gasteiger charge is -2.37. The lowest BCUT2D eigenvalue weighted by Crippen LogP contribution is -2.58. The van der Waals surface area contributed by atoms with Crippen molar-refractivity contribution in [3.8, 4) is 0 Å². The zero-order valence-electron chi connectivity index (χ0n) is 44.1. The lowest BCUT2D eigenvalue weighted by atomic mass is 9.84. The minimum atomic E-state index is -1.32. The average Bonchev–Trinajstić information content (AvgIpc) is 4.01. The molecule has 7 aromatic rings. The molecule has 0 saturated heterocycles. The Bertz CT molecular complexity index is 2770. The third-order valence-electron chi connectivity index (χ3n) is 13.4. The molecule has 0 aliphatic carbocycles. The number of carbonyl (C=O) groups is 4. The molecule has 0 radical (unpaired) electrons. The third kappa shape index (κ3) is 15.6. The van der Waals surface area contributed by atoms with E-state index in [0.29, 0.717) is 12.2 Å². The molecule has 1 heterocycles. The fraction of sp³-hybridized carbons (Fsp3) is 0.262. The Balaban J connectivity index is 1.11. The normalized spacial score (nSPS) is 13.7. The van der Waals surface area contributed by atoms with E-state index >= 15 is 0 Å². The van der Waals surface area contributed by atoms with Crippen LogP contribution in [0.2, 0.25) is 0 Å². The van der Waals surface area contributed by atoms with E-state index in [-0.39, 0.29) is 37.5 Å². The van der Waals surface area contributed by atoms with Crippen molar-refractivity contribution < 1.29 is 34.1 Å². The molecule has 78 heavy (non-hydrogen) atoms. The molecule has 0 aliphatic rings. The molecular formula is C65H69N3O7S3. The highest BCUT2D eigenvalue weighted by molar-refractivity contribution is 8.00. The number of benzene rings is 6. The molecule has 0 unspecified atom stereocenters. The van der Waals surface area contributed by atoms with Crippen LogP contribution >= 0.6 is 34.9 Å². The monoisotopic (exact) mass is 1100 g/mol. The molecule has 3 amide bonds. The number of hydrogen-bond donors (Lipinski definition) is 5. The summed E-state index contributed by atoms with van der Waals surface area (Å²) in [6.07, 6.45) is 2.51. The van der Waals surface area contributed by atoms with Gasteiger partial charge in [-0.25, -0.2) is 0 Å². The van der Waals surface area contributed by atoms with Gasteiger partial charge in [-0.1, -0.05) is 221 Å². The zero-order chi connectivity index (χ0) is 55.2. The predicted octanol–water partition coefficient (Wildman–Crippen LogP) is 11.0. The van der Waals surface area contributed by atoms with Crippen LogP contribution in [-0.4, -0.2) is 82.3 Å². The fourth-order valence-electron chi connectivity index (χ4n) is 9.58. The molecule has 5 atom stereocenters. The van der Waals surface area contributed by atoms with Crippen LogP contribution in [0.4, 0.5) is 0 Å². The summed E-state index contributed by atoms with van der Waals surface area (Å²) in [6.45, 7) is 7.20. The van der Waals surface area contributed by atoms with Gasteiger partial charge in [-0.15, -0.1) is 23.5 Å². The maximum absolute atomic E-state index is 14.9. The van der Waals surface area contributed by atoms with Gasteiger partial charge in [0.1, 0.15) is 18.7 Å². The van der Waals surface area contributed by atoms with Crippen LogP contribution in [0.15, 0.2) is 224 Å². The van der Waals surface area contributed by atoms with E-state index < -0.39 is 63.5 Å². The molecule has 0 bridgehead atoms. The summed E-state index contributed by atoms with van der Waals surface area (Å²) < 4.78 is 3.79. The Morgan fingerprint density at radius 2 is 1.05 bits per heavy atom. The zero-order valence-corrected chi connectivity index (χ0v) is 46.5. The number of aliphatic hydroxyl groups excluding tert-OH is 2. The molecule has 0 aliphatic heterocycles. The van der Waals surface area contributed by atoms with Crippen molar-refractivity contribution in [3.05, 3.63) is 263 Å². The minimum Gasteiger partial charge on any atom is -0.461 e. The van der Waals surface area contributed by atoms with Crippen molar-refractivity contribution in [1.29, 1.82) is 0 Å². The van der Waals surface area contributed by atoms with E-state index in [1.807, 2.05) is 146 Å². The molecule has 7 rings (SSSR count). The number of rotatable bonds is 29. The van der Waals surface area contributed by atoms with E-state index in [1.54, 1.807) is 17.8 Å². The van der Waals surface area contributed by atoms with E-state index in [9.17, 15) is 29.4 Å². The van der Waals surface area contributed by atoms with Crippen molar-refractivity contribution in [2.24, 2.45) is 5.92 Å². The number of thiophene rings is 1. The Morgan fingerprint density at radius 3 is 1.47 bits per heavy atom. The molecule has 0 saturated carbocycles. The van der Waals surface area contributed by atoms with E-state index in [0.717, 1.165) is 38.9 Å². The van der Waals surface area contributed by atoms with Crippen LogP contribution < -0.4 is 16.0 Å². The largest absolute Gasteiger partial charge is 0.461 e. The lowest BCUT2D eigenvalue weighted by molar-refractivity contribution is -0.145. The Kier molecular flexibility index (Phi) is 22.3. The van der Waals surface area contributed by atoms with Crippen LogP contribution in [0.3, 0.4) is 0 Å². The van der Waals surface area contributed by atoms with Crippen molar-refractivity contribution in [1.82, 2.24) is 16.0 Å². The number of aliphatic hydroxyl groups is 2. The van der Waals surface area contributed by atoms with Gasteiger partial charge < -0.3 is 30.9 Å². The first kappa shape index (κ1) is 58.7. The van der Waals surface area contributed by atoms with Gasteiger partial charge in [0, 0.05) is 12.2 Å². The SMILES string of the molecule is C=CCOC(=O)C[C@H](O)[C@H](NC(=O)[C@@H](CSC(c1ccccc1)(c1ccccc1)c1ccccc1)NC(=O)[C@@H](Cc1ccsc1)NC(=O)C[C@H](O)/C=C/CCSC(c1ccccc1)(c1ccccc1)c1ccccc1)C(C)C. The summed E-state index contributed by atoms with van der Waals surface area (Å²) in [6, 6.07) is 59.8. The average molecular weight is 1100 g/mol. The van der Waals surface area contributed by atoms with Crippen LogP contribution in [0.5, 0.6) is 0 Å². The van der Waals surface area contributed by atoms with Gasteiger partial charge in [-0.2, -0.15) is 11.3 Å². The van der Waals surface area contributed by atoms with Gasteiger partial charge in [0.2, 0.25) is 17.7 Å². The quantitative estimate of drug-likeness (QED) is 0.0133. The number of carbonyl (C=O) groups excluding carboxylic acids is 4. The number of hydrogen-bond acceptors (Lipinski definition) is 10. The number of nitrogens with one attached hydrogen (secondary N) is 3. The fourth-order valence-corrected chi connectivity index (χ4v) is 13.3. The Morgan fingerprint density at radius 1 is 0.603 bits per heavy atom. The Hall–Kier alpha value is -7.00. The maximum Gasteiger partial charge on any atom is 0.308 e.